The Morgan fingerprint density at radius 3 is 1.44 bits per heavy atom. The maximum Gasteiger partial charge on any atom is 0.508 e. The molecule has 2 aromatic rings. The molecule has 2 saturated heterocycles. The largest absolute Gasteiger partial charge is 0.508 e. The van der Waals surface area contributed by atoms with Crippen molar-refractivity contribution in [1.29, 1.82) is 0 Å². The monoisotopic (exact) mass is 836 g/mol. The molecule has 2 fully saturated rings. The molecule has 4 heterocycles. The van der Waals surface area contributed by atoms with Crippen LogP contribution >= 0.6 is 31.9 Å². The van der Waals surface area contributed by atoms with Gasteiger partial charge in [0, 0.05) is 68.8 Å². The van der Waals surface area contributed by atoms with Crippen molar-refractivity contribution in [2.24, 2.45) is 0 Å². The van der Waals surface area contributed by atoms with Crippen LogP contribution < -0.4 is 20.1 Å². The highest BCUT2D eigenvalue weighted by Crippen LogP contribution is 2.46. The zero-order valence-electron chi connectivity index (χ0n) is 29.3. The third kappa shape index (κ3) is 7.07. The van der Waals surface area contributed by atoms with Crippen LogP contribution in [0.1, 0.15) is 61.8 Å². The van der Waals surface area contributed by atoms with E-state index in [1.807, 2.05) is 12.1 Å². The summed E-state index contributed by atoms with van der Waals surface area (Å²) >= 11 is 7.27. The lowest BCUT2D eigenvalue weighted by Crippen LogP contribution is -2.49. The van der Waals surface area contributed by atoms with E-state index in [4.69, 9.17) is 28.4 Å². The van der Waals surface area contributed by atoms with Crippen molar-refractivity contribution in [2.45, 2.75) is 50.6 Å². The van der Waals surface area contributed by atoms with Gasteiger partial charge in [0.25, 0.3) is 11.8 Å². The van der Waals surface area contributed by atoms with Crippen molar-refractivity contribution < 1.29 is 42.8 Å². The summed E-state index contributed by atoms with van der Waals surface area (Å²) in [6.07, 6.45) is 1.00. The molecule has 52 heavy (non-hydrogen) atoms. The van der Waals surface area contributed by atoms with E-state index < -0.39 is 17.2 Å². The number of rotatable bonds is 8. The number of nitrogens with one attached hydrogen (secondary N) is 2. The van der Waals surface area contributed by atoms with Crippen molar-refractivity contribution in [2.75, 3.05) is 53.9 Å². The van der Waals surface area contributed by atoms with Gasteiger partial charge in [-0.25, -0.2) is 4.79 Å². The first-order valence-electron chi connectivity index (χ1n) is 16.8. The average Bonchev–Trinajstić information content (AvgIpc) is 3.53. The lowest BCUT2D eigenvalue weighted by molar-refractivity contribution is -0.117. The van der Waals surface area contributed by atoms with E-state index >= 15 is 0 Å². The molecule has 11 nitrogen and oxygen atoms in total. The number of hydrogen-bond acceptors (Lipinski definition) is 9. The van der Waals surface area contributed by atoms with Gasteiger partial charge in [-0.2, -0.15) is 0 Å². The molecule has 0 bridgehead atoms. The van der Waals surface area contributed by atoms with Crippen LogP contribution in [0.5, 0.6) is 11.5 Å². The van der Waals surface area contributed by atoms with E-state index in [1.165, 1.54) is 14.2 Å². The predicted molar refractivity (Wildman–Crippen MR) is 199 cm³/mol. The topological polar surface area (TPSA) is 131 Å². The van der Waals surface area contributed by atoms with E-state index in [0.29, 0.717) is 117 Å². The van der Waals surface area contributed by atoms with Crippen LogP contribution in [0.2, 0.25) is 0 Å². The number of carbonyl (C=O) groups is 3. The maximum absolute atomic E-state index is 13.8. The number of halogens is 2. The second kappa shape index (κ2) is 15.8. The van der Waals surface area contributed by atoms with Gasteiger partial charge in [-0.15, -0.1) is 11.8 Å². The fourth-order valence-electron chi connectivity index (χ4n) is 7.41. The molecule has 2 amide bonds. The average molecular weight is 839 g/mol. The highest BCUT2D eigenvalue weighted by Gasteiger charge is 2.49. The van der Waals surface area contributed by atoms with Crippen LogP contribution in [0.3, 0.4) is 0 Å². The minimum absolute atomic E-state index is 0.236. The van der Waals surface area contributed by atoms with Crippen LogP contribution in [0.15, 0.2) is 44.4 Å². The Morgan fingerprint density at radius 1 is 0.712 bits per heavy atom. The zero-order valence-corrected chi connectivity index (χ0v) is 32.5. The van der Waals surface area contributed by atoms with Gasteiger partial charge in [0.1, 0.15) is 24.7 Å². The molecule has 0 aromatic heterocycles. The van der Waals surface area contributed by atoms with E-state index in [0.717, 1.165) is 0 Å². The minimum Gasteiger partial charge on any atom is -0.496 e. The van der Waals surface area contributed by atoms with Crippen molar-refractivity contribution in [3.8, 4) is 35.2 Å². The molecule has 0 radical (unpaired) electrons. The number of methoxy groups -OCH3 is 2. The first kappa shape index (κ1) is 37.5. The smallest absolute Gasteiger partial charge is 0.496 e. The Morgan fingerprint density at radius 2 is 1.10 bits per heavy atom. The standard InChI is InChI=1S/C39H38Br2N2O9/c1-5-7-23-17-27(40)33(29(19-23)47-3)31-25(38(42-35(31)44)9-13-49-14-10-38)21-51-37(46)52-22-26-32(36(45)43-39(26)11-15-50-16-12-39)34-28(41)18-24(8-6-2)20-30(34)48-4/h17-20H,9-16,21-22H2,1-4H3,(H,42,44)(H,43,45). The van der Waals surface area contributed by atoms with Gasteiger partial charge in [0.2, 0.25) is 0 Å². The summed E-state index contributed by atoms with van der Waals surface area (Å²) in [6.45, 7) is 4.67. The van der Waals surface area contributed by atoms with Gasteiger partial charge in [0.15, 0.2) is 0 Å². The quantitative estimate of drug-likeness (QED) is 0.255. The fourth-order valence-corrected chi connectivity index (χ4v) is 8.69. The van der Waals surface area contributed by atoms with Crippen LogP contribution in [-0.2, 0) is 28.5 Å². The summed E-state index contributed by atoms with van der Waals surface area (Å²) in [6, 6.07) is 7.18. The number of hydrogen-bond donors (Lipinski definition) is 2. The molecule has 0 atom stereocenters. The second-order valence-corrected chi connectivity index (χ2v) is 14.4. The zero-order chi connectivity index (χ0) is 37.0. The second-order valence-electron chi connectivity index (χ2n) is 12.7. The summed E-state index contributed by atoms with van der Waals surface area (Å²) in [5.74, 6) is 12.1. The maximum atomic E-state index is 13.8. The normalized spacial score (nSPS) is 18.7. The Bertz CT molecular complexity index is 1860. The first-order valence-corrected chi connectivity index (χ1v) is 18.4. The van der Waals surface area contributed by atoms with Crippen molar-refractivity contribution >= 4 is 61.0 Å². The molecule has 2 spiro atoms. The van der Waals surface area contributed by atoms with Gasteiger partial charge in [-0.3, -0.25) is 9.59 Å². The highest BCUT2D eigenvalue weighted by molar-refractivity contribution is 9.10. The number of carbonyl (C=O) groups excluding carboxylic acids is 3. The SMILES string of the molecule is CC#Cc1cc(Br)c(C2=C(COC(=O)OCC3=C(c4c(Br)cc(C#CC)cc4OC)C(=O)NC34CCOCC4)C3(CCOCC3)NC2=O)c(OC)c1. The van der Waals surface area contributed by atoms with Crippen LogP contribution in [0.25, 0.3) is 11.1 Å². The van der Waals surface area contributed by atoms with Gasteiger partial charge < -0.3 is 39.1 Å². The van der Waals surface area contributed by atoms with E-state index in [2.05, 4.69) is 66.2 Å². The summed E-state index contributed by atoms with van der Waals surface area (Å²) < 4.78 is 35.6. The number of benzene rings is 2. The van der Waals surface area contributed by atoms with Crippen molar-refractivity contribution in [3.05, 3.63) is 66.6 Å². The van der Waals surface area contributed by atoms with E-state index in [-0.39, 0.29) is 25.0 Å². The number of amides is 2. The third-order valence-electron chi connectivity index (χ3n) is 9.87. The van der Waals surface area contributed by atoms with Gasteiger partial charge in [0.05, 0.1) is 36.4 Å². The van der Waals surface area contributed by atoms with Crippen LogP contribution in [0.4, 0.5) is 4.79 Å². The summed E-state index contributed by atoms with van der Waals surface area (Å²) in [5.41, 5.74) is 2.76. The van der Waals surface area contributed by atoms with Gasteiger partial charge in [-0.1, -0.05) is 11.8 Å². The molecule has 2 aromatic carbocycles. The van der Waals surface area contributed by atoms with Gasteiger partial charge >= 0.3 is 6.16 Å². The van der Waals surface area contributed by atoms with Crippen molar-refractivity contribution in [3.63, 3.8) is 0 Å². The lowest BCUT2D eigenvalue weighted by Gasteiger charge is -2.36. The molecule has 6 rings (SSSR count). The van der Waals surface area contributed by atoms with Crippen LogP contribution in [0, 0.1) is 23.7 Å². The number of ether oxygens (including phenoxy) is 6. The fraction of sp³-hybridized carbons (Fsp3) is 0.410. The molecular weight excluding hydrogens is 800 g/mol. The lowest BCUT2D eigenvalue weighted by atomic mass is 9.82. The van der Waals surface area contributed by atoms with E-state index in [9.17, 15) is 14.4 Å². The van der Waals surface area contributed by atoms with E-state index in [1.54, 1.807) is 26.0 Å². The Labute approximate surface area is 319 Å². The Hall–Kier alpha value is -4.27. The minimum atomic E-state index is -0.957. The molecule has 13 heteroatoms. The molecule has 4 aliphatic heterocycles. The molecule has 4 aliphatic rings. The summed E-state index contributed by atoms with van der Waals surface area (Å²) in [7, 11) is 3.05. The molecule has 0 unspecified atom stereocenters. The first-order chi connectivity index (χ1) is 25.1. The summed E-state index contributed by atoms with van der Waals surface area (Å²) in [4.78, 5) is 41.1. The van der Waals surface area contributed by atoms with Crippen molar-refractivity contribution in [1.82, 2.24) is 10.6 Å². The Kier molecular flexibility index (Phi) is 11.4. The third-order valence-corrected chi connectivity index (χ3v) is 11.1. The molecular formula is C39H38Br2N2O9. The molecule has 272 valence electrons. The van der Waals surface area contributed by atoms with Gasteiger partial charge in [-0.05, 0) is 95.7 Å². The summed E-state index contributed by atoms with van der Waals surface area (Å²) in [5, 5.41) is 6.33. The molecule has 0 saturated carbocycles. The molecule has 0 aliphatic carbocycles. The highest BCUT2D eigenvalue weighted by atomic mass is 79.9. The Balaban J connectivity index is 1.34. The van der Waals surface area contributed by atoms with Crippen LogP contribution in [-0.4, -0.2) is 82.9 Å². The molecule has 2 N–H and O–H groups in total. The predicted octanol–water partition coefficient (Wildman–Crippen LogP) is 5.69.